The molecule has 1 atom stereocenters. The molecule has 0 aliphatic carbocycles. The maximum atomic E-state index is 10.8. The highest BCUT2D eigenvalue weighted by Gasteiger charge is 2.25. The number of carbonyl (C=O) groups is 1. The second kappa shape index (κ2) is 3.56. The Morgan fingerprint density at radius 2 is 2.47 bits per heavy atom. The summed E-state index contributed by atoms with van der Waals surface area (Å²) >= 11 is 0. The lowest BCUT2D eigenvalue weighted by atomic mass is 10.00. The highest BCUT2D eigenvalue weighted by molar-refractivity contribution is 5.85. The highest BCUT2D eigenvalue weighted by atomic mass is 16.4. The molecule has 0 radical (unpaired) electrons. The molecule has 1 aliphatic rings. The number of rotatable bonds is 2. The predicted octanol–water partition coefficient (Wildman–Crippen LogP) is 1.59. The smallest absolute Gasteiger partial charge is 0.356 e. The van der Waals surface area contributed by atoms with E-state index in [0.29, 0.717) is 17.9 Å². The minimum atomic E-state index is -0.971. The standard InChI is InChI=1S/C10H15N3O2/c1-6(2)8-3-4-11-10-12-7(9(14)15)5-13(8)10/h5-6,8H,3-4H2,1-2H3,(H,11,12)(H,14,15). The molecule has 5 nitrogen and oxygen atoms in total. The summed E-state index contributed by atoms with van der Waals surface area (Å²) in [7, 11) is 0. The molecule has 1 aliphatic heterocycles. The van der Waals surface area contributed by atoms with Gasteiger partial charge in [-0.2, -0.15) is 0 Å². The lowest BCUT2D eigenvalue weighted by Crippen LogP contribution is -2.25. The summed E-state index contributed by atoms with van der Waals surface area (Å²) < 4.78 is 1.94. The lowest BCUT2D eigenvalue weighted by Gasteiger charge is -2.28. The topological polar surface area (TPSA) is 67.2 Å². The average molecular weight is 209 g/mol. The van der Waals surface area contributed by atoms with Gasteiger partial charge in [-0.3, -0.25) is 0 Å². The fourth-order valence-corrected chi connectivity index (χ4v) is 2.01. The molecule has 1 unspecified atom stereocenters. The Hall–Kier alpha value is -1.52. The van der Waals surface area contributed by atoms with Crippen LogP contribution in [0.4, 0.5) is 5.95 Å². The molecule has 0 fully saturated rings. The Labute approximate surface area is 88.1 Å². The Balaban J connectivity index is 2.38. The van der Waals surface area contributed by atoms with Crippen LogP contribution in [0.2, 0.25) is 0 Å². The van der Waals surface area contributed by atoms with Crippen molar-refractivity contribution in [3.63, 3.8) is 0 Å². The van der Waals surface area contributed by atoms with Crippen molar-refractivity contribution < 1.29 is 9.90 Å². The van der Waals surface area contributed by atoms with Crippen LogP contribution in [0.15, 0.2) is 6.20 Å². The molecule has 0 saturated heterocycles. The zero-order valence-electron chi connectivity index (χ0n) is 8.90. The van der Waals surface area contributed by atoms with Gasteiger partial charge in [-0.15, -0.1) is 0 Å². The second-order valence-corrected chi connectivity index (χ2v) is 4.19. The van der Waals surface area contributed by atoms with Crippen LogP contribution in [-0.2, 0) is 0 Å². The van der Waals surface area contributed by atoms with Crippen LogP contribution < -0.4 is 5.32 Å². The first-order valence-electron chi connectivity index (χ1n) is 5.15. The van der Waals surface area contributed by atoms with E-state index in [9.17, 15) is 4.79 Å². The number of imidazole rings is 1. The average Bonchev–Trinajstić information content (AvgIpc) is 2.60. The zero-order chi connectivity index (χ0) is 11.0. The maximum absolute atomic E-state index is 10.8. The maximum Gasteiger partial charge on any atom is 0.356 e. The first-order valence-corrected chi connectivity index (χ1v) is 5.15. The van der Waals surface area contributed by atoms with Crippen LogP contribution in [0, 0.1) is 5.92 Å². The summed E-state index contributed by atoms with van der Waals surface area (Å²) in [6, 6.07) is 0.349. The fourth-order valence-electron chi connectivity index (χ4n) is 2.01. The fraction of sp³-hybridized carbons (Fsp3) is 0.600. The Morgan fingerprint density at radius 1 is 1.73 bits per heavy atom. The van der Waals surface area contributed by atoms with E-state index in [2.05, 4.69) is 24.1 Å². The van der Waals surface area contributed by atoms with Crippen molar-refractivity contribution in [2.24, 2.45) is 5.92 Å². The Bertz CT molecular complexity index is 384. The van der Waals surface area contributed by atoms with E-state index < -0.39 is 5.97 Å². The monoisotopic (exact) mass is 209 g/mol. The van der Waals surface area contributed by atoms with Crippen LogP contribution in [0.1, 0.15) is 36.8 Å². The van der Waals surface area contributed by atoms with Gasteiger partial charge in [-0.1, -0.05) is 13.8 Å². The molecule has 0 bridgehead atoms. The van der Waals surface area contributed by atoms with E-state index >= 15 is 0 Å². The predicted molar refractivity (Wildman–Crippen MR) is 56.2 cm³/mol. The number of carboxylic acids is 1. The quantitative estimate of drug-likeness (QED) is 0.776. The van der Waals surface area contributed by atoms with Crippen molar-refractivity contribution in [3.05, 3.63) is 11.9 Å². The van der Waals surface area contributed by atoms with Crippen LogP contribution in [-0.4, -0.2) is 27.2 Å². The largest absolute Gasteiger partial charge is 0.476 e. The third kappa shape index (κ3) is 1.69. The molecular weight excluding hydrogens is 194 g/mol. The SMILES string of the molecule is CC(C)C1CCNc2nc(C(=O)O)cn21. The number of nitrogens with zero attached hydrogens (tertiary/aromatic N) is 2. The molecule has 2 rings (SSSR count). The molecule has 5 heteroatoms. The normalized spacial score (nSPS) is 19.8. The van der Waals surface area contributed by atoms with Crippen molar-refractivity contribution in [3.8, 4) is 0 Å². The lowest BCUT2D eigenvalue weighted by molar-refractivity contribution is 0.0691. The van der Waals surface area contributed by atoms with Crippen molar-refractivity contribution in [2.75, 3.05) is 11.9 Å². The second-order valence-electron chi connectivity index (χ2n) is 4.19. The Morgan fingerprint density at radius 3 is 3.07 bits per heavy atom. The van der Waals surface area contributed by atoms with Crippen LogP contribution in [0.25, 0.3) is 0 Å². The van der Waals surface area contributed by atoms with E-state index in [-0.39, 0.29) is 5.69 Å². The number of hydrogen-bond acceptors (Lipinski definition) is 3. The molecule has 82 valence electrons. The van der Waals surface area contributed by atoms with Gasteiger partial charge in [0.1, 0.15) is 0 Å². The van der Waals surface area contributed by atoms with Crippen molar-refractivity contribution in [2.45, 2.75) is 26.3 Å². The Kier molecular flexibility index (Phi) is 2.38. The summed E-state index contributed by atoms with van der Waals surface area (Å²) in [5.41, 5.74) is 0.116. The highest BCUT2D eigenvalue weighted by Crippen LogP contribution is 2.29. The van der Waals surface area contributed by atoms with E-state index in [1.165, 1.54) is 0 Å². The third-order valence-electron chi connectivity index (χ3n) is 2.80. The minimum Gasteiger partial charge on any atom is -0.476 e. The molecule has 1 aromatic rings. The minimum absolute atomic E-state index is 0.116. The summed E-state index contributed by atoms with van der Waals surface area (Å²) in [5, 5.41) is 12.0. The summed E-state index contributed by atoms with van der Waals surface area (Å²) in [6.07, 6.45) is 2.63. The molecular formula is C10H15N3O2. The molecule has 2 N–H and O–H groups in total. The first kappa shape index (κ1) is 10.0. The van der Waals surface area contributed by atoms with Gasteiger partial charge >= 0.3 is 5.97 Å². The van der Waals surface area contributed by atoms with Gasteiger partial charge in [0.05, 0.1) is 0 Å². The summed E-state index contributed by atoms with van der Waals surface area (Å²) in [4.78, 5) is 14.8. The third-order valence-corrected chi connectivity index (χ3v) is 2.80. The van der Waals surface area contributed by atoms with E-state index in [0.717, 1.165) is 13.0 Å². The van der Waals surface area contributed by atoms with Gasteiger partial charge in [-0.25, -0.2) is 9.78 Å². The molecule has 2 heterocycles. The number of anilines is 1. The van der Waals surface area contributed by atoms with Crippen LogP contribution in [0.3, 0.4) is 0 Å². The number of aromatic carboxylic acids is 1. The molecule has 15 heavy (non-hydrogen) atoms. The zero-order valence-corrected chi connectivity index (χ0v) is 8.90. The summed E-state index contributed by atoms with van der Waals surface area (Å²) in [5.74, 6) is 0.195. The molecule has 1 aromatic heterocycles. The number of fused-ring (bicyclic) bond motifs is 1. The van der Waals surface area contributed by atoms with Gasteiger partial charge in [0.25, 0.3) is 0 Å². The molecule has 0 saturated carbocycles. The number of carboxylic acid groups (broad SMARTS) is 1. The number of nitrogens with one attached hydrogen (secondary N) is 1. The van der Waals surface area contributed by atoms with Crippen LogP contribution >= 0.6 is 0 Å². The van der Waals surface area contributed by atoms with Gasteiger partial charge in [-0.05, 0) is 12.3 Å². The van der Waals surface area contributed by atoms with E-state index in [1.807, 2.05) is 4.57 Å². The van der Waals surface area contributed by atoms with Crippen LogP contribution in [0.5, 0.6) is 0 Å². The first-order chi connectivity index (χ1) is 7.09. The molecule has 0 aromatic carbocycles. The molecule has 0 amide bonds. The van der Waals surface area contributed by atoms with Gasteiger partial charge in [0, 0.05) is 18.8 Å². The number of aromatic nitrogens is 2. The van der Waals surface area contributed by atoms with Gasteiger partial charge < -0.3 is 15.0 Å². The van der Waals surface area contributed by atoms with Crippen molar-refractivity contribution >= 4 is 11.9 Å². The summed E-state index contributed by atoms with van der Waals surface area (Å²) in [6.45, 7) is 5.14. The van der Waals surface area contributed by atoms with Gasteiger partial charge in [0.15, 0.2) is 5.69 Å². The van der Waals surface area contributed by atoms with Gasteiger partial charge in [0.2, 0.25) is 5.95 Å². The molecule has 0 spiro atoms. The van der Waals surface area contributed by atoms with Crippen molar-refractivity contribution in [1.82, 2.24) is 9.55 Å². The van der Waals surface area contributed by atoms with Crippen molar-refractivity contribution in [1.29, 1.82) is 0 Å². The number of hydrogen-bond donors (Lipinski definition) is 2. The van der Waals surface area contributed by atoms with E-state index in [4.69, 9.17) is 5.11 Å². The van der Waals surface area contributed by atoms with E-state index in [1.54, 1.807) is 6.20 Å².